The van der Waals surface area contributed by atoms with E-state index in [1.165, 1.54) is 18.5 Å². The highest BCUT2D eigenvalue weighted by Crippen LogP contribution is 2.23. The van der Waals surface area contributed by atoms with Crippen molar-refractivity contribution >= 4 is 17.3 Å². The zero-order valence-electron chi connectivity index (χ0n) is 10.6. The van der Waals surface area contributed by atoms with Crippen LogP contribution in [0.15, 0.2) is 24.3 Å². The minimum absolute atomic E-state index is 0.152. The van der Waals surface area contributed by atoms with E-state index in [1.807, 2.05) is 26.1 Å². The molecule has 1 saturated heterocycles. The summed E-state index contributed by atoms with van der Waals surface area (Å²) in [6, 6.07) is 8.28. The molecule has 1 fully saturated rings. The van der Waals surface area contributed by atoms with Crippen LogP contribution < -0.4 is 9.80 Å². The molecule has 3 heteroatoms. The third kappa shape index (κ3) is 2.60. The van der Waals surface area contributed by atoms with Crippen LogP contribution in [0.4, 0.5) is 11.4 Å². The molecule has 1 aromatic carbocycles. The van der Waals surface area contributed by atoms with Gasteiger partial charge < -0.3 is 9.80 Å². The van der Waals surface area contributed by atoms with E-state index >= 15 is 0 Å². The third-order valence-corrected chi connectivity index (χ3v) is 3.38. The number of hydrogen-bond acceptors (Lipinski definition) is 2. The first kappa shape index (κ1) is 12.0. The molecule has 1 aromatic rings. The largest absolute Gasteiger partial charge is 0.372 e. The van der Waals surface area contributed by atoms with Crippen LogP contribution in [0.25, 0.3) is 0 Å². The Balaban J connectivity index is 2.09. The molecule has 0 bridgehead atoms. The molecule has 2 rings (SSSR count). The Kier molecular flexibility index (Phi) is 3.67. The Morgan fingerprint density at radius 2 is 1.82 bits per heavy atom. The second-order valence-corrected chi connectivity index (χ2v) is 4.52. The van der Waals surface area contributed by atoms with Gasteiger partial charge in [0.1, 0.15) is 0 Å². The van der Waals surface area contributed by atoms with Gasteiger partial charge in [0.25, 0.3) is 0 Å². The summed E-state index contributed by atoms with van der Waals surface area (Å²) in [5.74, 6) is 0.152. The maximum Gasteiger partial charge on any atom is 0.226 e. The summed E-state index contributed by atoms with van der Waals surface area (Å²) in [4.78, 5) is 15.7. The average Bonchev–Trinajstić information content (AvgIpc) is 2.91. The fourth-order valence-corrected chi connectivity index (χ4v) is 2.24. The van der Waals surface area contributed by atoms with Gasteiger partial charge in [0, 0.05) is 37.9 Å². The summed E-state index contributed by atoms with van der Waals surface area (Å²) < 4.78 is 0. The number of nitrogens with zero attached hydrogens (tertiary/aromatic N) is 2. The van der Waals surface area contributed by atoms with E-state index in [4.69, 9.17) is 0 Å². The normalized spacial score (nSPS) is 15.1. The Labute approximate surface area is 103 Å². The van der Waals surface area contributed by atoms with Crippen LogP contribution in [0.2, 0.25) is 0 Å². The first-order chi connectivity index (χ1) is 8.22. The molecular weight excluding hydrogens is 212 g/mol. The van der Waals surface area contributed by atoms with E-state index in [-0.39, 0.29) is 5.91 Å². The molecule has 0 atom stereocenters. The molecule has 0 radical (unpaired) electrons. The maximum atomic E-state index is 11.6. The Bertz CT molecular complexity index is 380. The SMILES string of the molecule is CCC(=O)N(C)c1ccc(N2CCCC2)cc1. The number of anilines is 2. The number of carbonyl (C=O) groups is 1. The zero-order chi connectivity index (χ0) is 12.3. The summed E-state index contributed by atoms with van der Waals surface area (Å²) in [6.07, 6.45) is 3.12. The molecule has 0 unspecified atom stereocenters. The van der Waals surface area contributed by atoms with Crippen LogP contribution in [0, 0.1) is 0 Å². The predicted molar refractivity (Wildman–Crippen MR) is 71.6 cm³/mol. The van der Waals surface area contributed by atoms with Crippen LogP contribution in [0.3, 0.4) is 0 Å². The van der Waals surface area contributed by atoms with Gasteiger partial charge in [-0.1, -0.05) is 6.92 Å². The third-order valence-electron chi connectivity index (χ3n) is 3.38. The molecule has 0 aromatic heterocycles. The summed E-state index contributed by atoms with van der Waals surface area (Å²) in [5, 5.41) is 0. The van der Waals surface area contributed by atoms with Gasteiger partial charge in [-0.3, -0.25) is 4.79 Å². The fraction of sp³-hybridized carbons (Fsp3) is 0.500. The van der Waals surface area contributed by atoms with E-state index < -0.39 is 0 Å². The van der Waals surface area contributed by atoms with Crippen molar-refractivity contribution in [1.82, 2.24) is 0 Å². The van der Waals surface area contributed by atoms with Gasteiger partial charge in [-0.05, 0) is 37.1 Å². The van der Waals surface area contributed by atoms with E-state index in [2.05, 4.69) is 17.0 Å². The standard InChI is InChI=1S/C14H20N2O/c1-3-14(17)15(2)12-6-8-13(9-7-12)16-10-4-5-11-16/h6-9H,3-5,10-11H2,1-2H3. The van der Waals surface area contributed by atoms with Gasteiger partial charge in [-0.25, -0.2) is 0 Å². The minimum atomic E-state index is 0.152. The highest BCUT2D eigenvalue weighted by Gasteiger charge is 2.13. The fourth-order valence-electron chi connectivity index (χ4n) is 2.24. The van der Waals surface area contributed by atoms with Gasteiger partial charge in [0.2, 0.25) is 5.91 Å². The summed E-state index contributed by atoms with van der Waals surface area (Å²) in [5.41, 5.74) is 2.24. The minimum Gasteiger partial charge on any atom is -0.372 e. The monoisotopic (exact) mass is 232 g/mol. The smallest absolute Gasteiger partial charge is 0.226 e. The maximum absolute atomic E-state index is 11.6. The number of rotatable bonds is 3. The van der Waals surface area contributed by atoms with Crippen LogP contribution >= 0.6 is 0 Å². The van der Waals surface area contributed by atoms with Crippen LogP contribution in [-0.4, -0.2) is 26.0 Å². The summed E-state index contributed by atoms with van der Waals surface area (Å²) in [7, 11) is 1.83. The average molecular weight is 232 g/mol. The molecule has 17 heavy (non-hydrogen) atoms. The van der Waals surface area contributed by atoms with Gasteiger partial charge >= 0.3 is 0 Å². The highest BCUT2D eigenvalue weighted by molar-refractivity contribution is 5.92. The Hall–Kier alpha value is -1.51. The van der Waals surface area contributed by atoms with Gasteiger partial charge in [0.15, 0.2) is 0 Å². The number of benzene rings is 1. The second kappa shape index (κ2) is 5.21. The van der Waals surface area contributed by atoms with Gasteiger partial charge in [-0.2, -0.15) is 0 Å². The van der Waals surface area contributed by atoms with Crippen molar-refractivity contribution < 1.29 is 4.79 Å². The van der Waals surface area contributed by atoms with Crippen LogP contribution in [0.5, 0.6) is 0 Å². The van der Waals surface area contributed by atoms with Crippen molar-refractivity contribution in [3.63, 3.8) is 0 Å². The lowest BCUT2D eigenvalue weighted by Crippen LogP contribution is -2.25. The van der Waals surface area contributed by atoms with Crippen molar-refractivity contribution in [2.24, 2.45) is 0 Å². The van der Waals surface area contributed by atoms with Gasteiger partial charge in [0.05, 0.1) is 0 Å². The Morgan fingerprint density at radius 3 is 2.35 bits per heavy atom. The highest BCUT2D eigenvalue weighted by atomic mass is 16.2. The number of amides is 1. The van der Waals surface area contributed by atoms with Crippen molar-refractivity contribution in [2.75, 3.05) is 29.9 Å². The summed E-state index contributed by atoms with van der Waals surface area (Å²) in [6.45, 7) is 4.20. The second-order valence-electron chi connectivity index (χ2n) is 4.52. The predicted octanol–water partition coefficient (Wildman–Crippen LogP) is 2.66. The lowest BCUT2D eigenvalue weighted by Gasteiger charge is -2.20. The molecule has 1 aliphatic heterocycles. The molecule has 1 heterocycles. The first-order valence-corrected chi connectivity index (χ1v) is 6.34. The molecule has 1 aliphatic rings. The molecule has 0 spiro atoms. The molecule has 92 valence electrons. The molecule has 3 nitrogen and oxygen atoms in total. The van der Waals surface area contributed by atoms with Crippen LogP contribution in [0.1, 0.15) is 26.2 Å². The van der Waals surface area contributed by atoms with E-state index in [0.717, 1.165) is 18.8 Å². The lowest BCUT2D eigenvalue weighted by atomic mass is 10.2. The van der Waals surface area contributed by atoms with Crippen molar-refractivity contribution in [2.45, 2.75) is 26.2 Å². The first-order valence-electron chi connectivity index (χ1n) is 6.34. The van der Waals surface area contributed by atoms with Crippen molar-refractivity contribution in [3.8, 4) is 0 Å². The molecule has 0 N–H and O–H groups in total. The quantitative estimate of drug-likeness (QED) is 0.800. The van der Waals surface area contributed by atoms with E-state index in [1.54, 1.807) is 4.90 Å². The topological polar surface area (TPSA) is 23.6 Å². The zero-order valence-corrected chi connectivity index (χ0v) is 10.6. The van der Waals surface area contributed by atoms with E-state index in [0.29, 0.717) is 6.42 Å². The van der Waals surface area contributed by atoms with Gasteiger partial charge in [-0.15, -0.1) is 0 Å². The molecule has 1 amide bonds. The number of hydrogen-bond donors (Lipinski definition) is 0. The van der Waals surface area contributed by atoms with Crippen molar-refractivity contribution in [3.05, 3.63) is 24.3 Å². The van der Waals surface area contributed by atoms with Crippen molar-refractivity contribution in [1.29, 1.82) is 0 Å². The molecule has 0 saturated carbocycles. The summed E-state index contributed by atoms with van der Waals surface area (Å²) >= 11 is 0. The van der Waals surface area contributed by atoms with E-state index in [9.17, 15) is 4.79 Å². The lowest BCUT2D eigenvalue weighted by molar-refractivity contribution is -0.118. The number of carbonyl (C=O) groups excluding carboxylic acids is 1. The molecular formula is C14H20N2O. The molecule has 0 aliphatic carbocycles. The Morgan fingerprint density at radius 1 is 1.24 bits per heavy atom. The van der Waals surface area contributed by atoms with Crippen LogP contribution in [-0.2, 0) is 4.79 Å².